The molecule has 1 unspecified atom stereocenters. The highest BCUT2D eigenvalue weighted by molar-refractivity contribution is 5.85. The Morgan fingerprint density at radius 2 is 2.35 bits per heavy atom. The van der Waals surface area contributed by atoms with Crippen LogP contribution in [0.5, 0.6) is 6.01 Å². The number of H-pyrrole nitrogens is 1. The molecule has 0 radical (unpaired) electrons. The average molecular weight is 299 g/mol. The van der Waals surface area contributed by atoms with E-state index >= 15 is 0 Å². The van der Waals surface area contributed by atoms with E-state index in [4.69, 9.17) is 4.74 Å². The minimum atomic E-state index is -0.426. The molecule has 1 aromatic heterocycles. The summed E-state index contributed by atoms with van der Waals surface area (Å²) < 4.78 is 5.60. The van der Waals surface area contributed by atoms with Crippen LogP contribution in [0.3, 0.4) is 0 Å². The summed E-state index contributed by atoms with van der Waals surface area (Å²) in [5.41, 5.74) is 1.33. The van der Waals surface area contributed by atoms with E-state index < -0.39 is 4.92 Å². The van der Waals surface area contributed by atoms with Crippen LogP contribution in [0.1, 0.15) is 6.42 Å². The van der Waals surface area contributed by atoms with Crippen molar-refractivity contribution in [3.8, 4) is 6.01 Å². The zero-order chi connectivity index (χ0) is 13.2. The van der Waals surface area contributed by atoms with Gasteiger partial charge in [0.1, 0.15) is 0 Å². The summed E-state index contributed by atoms with van der Waals surface area (Å²) in [5, 5.41) is 14.0. The van der Waals surface area contributed by atoms with Crippen LogP contribution in [0.4, 0.5) is 5.69 Å². The third-order valence-electron chi connectivity index (χ3n) is 3.27. The zero-order valence-corrected chi connectivity index (χ0v) is 11.5. The minimum absolute atomic E-state index is 0. The van der Waals surface area contributed by atoms with Crippen molar-refractivity contribution in [3.05, 3.63) is 28.3 Å². The molecule has 2 N–H and O–H groups in total. The molecule has 7 nitrogen and oxygen atoms in total. The van der Waals surface area contributed by atoms with E-state index in [0.29, 0.717) is 29.6 Å². The second kappa shape index (κ2) is 6.06. The van der Waals surface area contributed by atoms with Gasteiger partial charge in [-0.05, 0) is 19.0 Å². The second-order valence-corrected chi connectivity index (χ2v) is 4.67. The first-order chi connectivity index (χ1) is 9.22. The van der Waals surface area contributed by atoms with Gasteiger partial charge in [-0.2, -0.15) is 4.98 Å². The van der Waals surface area contributed by atoms with E-state index in [1.165, 1.54) is 12.1 Å². The second-order valence-electron chi connectivity index (χ2n) is 4.67. The third-order valence-corrected chi connectivity index (χ3v) is 3.27. The Kier molecular flexibility index (Phi) is 4.41. The normalized spacial score (nSPS) is 17.9. The molecule has 1 aliphatic heterocycles. The van der Waals surface area contributed by atoms with Crippen molar-refractivity contribution < 1.29 is 9.66 Å². The maximum atomic E-state index is 10.7. The Morgan fingerprint density at radius 1 is 1.50 bits per heavy atom. The molecule has 8 heteroatoms. The van der Waals surface area contributed by atoms with E-state index in [9.17, 15) is 10.1 Å². The molecular weight excluding hydrogens is 284 g/mol. The van der Waals surface area contributed by atoms with Crippen molar-refractivity contribution in [2.45, 2.75) is 6.42 Å². The number of nitro benzene ring substituents is 1. The molecule has 3 rings (SSSR count). The van der Waals surface area contributed by atoms with Crippen LogP contribution in [0.2, 0.25) is 0 Å². The number of hydrogen-bond acceptors (Lipinski definition) is 5. The number of imidazole rings is 1. The predicted molar refractivity (Wildman–Crippen MR) is 76.5 cm³/mol. The molecule has 1 aromatic carbocycles. The topological polar surface area (TPSA) is 93.1 Å². The lowest BCUT2D eigenvalue weighted by molar-refractivity contribution is -0.384. The number of nitro groups is 1. The lowest BCUT2D eigenvalue weighted by atomic mass is 10.1. The van der Waals surface area contributed by atoms with E-state index in [1.807, 2.05) is 0 Å². The average Bonchev–Trinajstić information content (AvgIpc) is 3.04. The molecule has 1 fully saturated rings. The maximum absolute atomic E-state index is 10.7. The smallest absolute Gasteiger partial charge is 0.294 e. The number of aromatic amines is 1. The number of hydrogen-bond donors (Lipinski definition) is 2. The zero-order valence-electron chi connectivity index (χ0n) is 10.7. The first kappa shape index (κ1) is 14.5. The number of nitrogens with zero attached hydrogens (tertiary/aromatic N) is 2. The van der Waals surface area contributed by atoms with E-state index in [0.717, 1.165) is 19.5 Å². The summed E-state index contributed by atoms with van der Waals surface area (Å²) in [6.07, 6.45) is 1.10. The van der Waals surface area contributed by atoms with Gasteiger partial charge in [0, 0.05) is 24.6 Å². The van der Waals surface area contributed by atoms with Gasteiger partial charge in [-0.25, -0.2) is 0 Å². The van der Waals surface area contributed by atoms with Gasteiger partial charge in [0.2, 0.25) is 0 Å². The highest BCUT2D eigenvalue weighted by Gasteiger charge is 2.16. The van der Waals surface area contributed by atoms with Crippen molar-refractivity contribution >= 4 is 29.1 Å². The summed E-state index contributed by atoms with van der Waals surface area (Å²) in [6, 6.07) is 4.94. The molecule has 0 amide bonds. The standard InChI is InChI=1S/C12H14N4O3.ClH/c17-16(18)9-1-2-10-11(5-9)15-12(14-10)19-7-8-3-4-13-6-8;/h1-2,5,8,13H,3-4,6-7H2,(H,14,15);1H. The number of halogens is 1. The van der Waals surface area contributed by atoms with Crippen LogP contribution in [0.25, 0.3) is 11.0 Å². The number of non-ortho nitro benzene ring substituents is 1. The first-order valence-electron chi connectivity index (χ1n) is 6.20. The molecule has 0 saturated carbocycles. The van der Waals surface area contributed by atoms with Gasteiger partial charge >= 0.3 is 0 Å². The molecule has 108 valence electrons. The van der Waals surface area contributed by atoms with Gasteiger partial charge in [0.15, 0.2) is 0 Å². The number of aromatic nitrogens is 2. The SMILES string of the molecule is Cl.O=[N+]([O-])c1ccc2nc(OCC3CCNC3)[nH]c2c1. The summed E-state index contributed by atoms with van der Waals surface area (Å²) >= 11 is 0. The van der Waals surface area contributed by atoms with E-state index in [-0.39, 0.29) is 18.1 Å². The molecule has 1 atom stereocenters. The van der Waals surface area contributed by atoms with Gasteiger partial charge in [0.25, 0.3) is 11.7 Å². The number of fused-ring (bicyclic) bond motifs is 1. The van der Waals surface area contributed by atoms with Crippen LogP contribution in [-0.4, -0.2) is 34.6 Å². The maximum Gasteiger partial charge on any atom is 0.294 e. The van der Waals surface area contributed by atoms with Gasteiger partial charge in [-0.1, -0.05) is 0 Å². The van der Waals surface area contributed by atoms with Crippen molar-refractivity contribution in [1.82, 2.24) is 15.3 Å². The van der Waals surface area contributed by atoms with Crippen molar-refractivity contribution in [2.24, 2.45) is 5.92 Å². The fourth-order valence-electron chi connectivity index (χ4n) is 2.21. The first-order valence-corrected chi connectivity index (χ1v) is 6.20. The molecule has 20 heavy (non-hydrogen) atoms. The van der Waals surface area contributed by atoms with Crippen molar-refractivity contribution in [2.75, 3.05) is 19.7 Å². The number of nitrogens with one attached hydrogen (secondary N) is 2. The van der Waals surface area contributed by atoms with Crippen molar-refractivity contribution in [1.29, 1.82) is 0 Å². The monoisotopic (exact) mass is 298 g/mol. The van der Waals surface area contributed by atoms with Crippen LogP contribution >= 0.6 is 12.4 Å². The molecule has 2 aromatic rings. The van der Waals surface area contributed by atoms with Crippen molar-refractivity contribution in [3.63, 3.8) is 0 Å². The van der Waals surface area contributed by atoms with Gasteiger partial charge < -0.3 is 15.0 Å². The molecule has 1 saturated heterocycles. The lowest BCUT2D eigenvalue weighted by Crippen LogP contribution is -2.15. The number of ether oxygens (including phenoxy) is 1. The van der Waals surface area contributed by atoms with Crippen LogP contribution < -0.4 is 10.1 Å². The van der Waals surface area contributed by atoms with Crippen LogP contribution in [-0.2, 0) is 0 Å². The van der Waals surface area contributed by atoms with E-state index in [1.54, 1.807) is 6.07 Å². The summed E-state index contributed by atoms with van der Waals surface area (Å²) in [4.78, 5) is 17.5. The fraction of sp³-hybridized carbons (Fsp3) is 0.417. The number of benzene rings is 1. The Balaban J connectivity index is 0.00000147. The molecule has 0 bridgehead atoms. The van der Waals surface area contributed by atoms with Gasteiger partial charge in [-0.15, -0.1) is 12.4 Å². The molecule has 2 heterocycles. The van der Waals surface area contributed by atoms with Crippen LogP contribution in [0.15, 0.2) is 18.2 Å². The lowest BCUT2D eigenvalue weighted by Gasteiger charge is -2.07. The Bertz CT molecular complexity index is 610. The quantitative estimate of drug-likeness (QED) is 0.664. The summed E-state index contributed by atoms with van der Waals surface area (Å²) in [6.45, 7) is 2.60. The Labute approximate surface area is 121 Å². The minimum Gasteiger partial charge on any atom is -0.464 e. The fourth-order valence-corrected chi connectivity index (χ4v) is 2.21. The number of rotatable bonds is 4. The van der Waals surface area contributed by atoms with E-state index in [2.05, 4.69) is 15.3 Å². The van der Waals surface area contributed by atoms with Gasteiger partial charge in [0.05, 0.1) is 22.6 Å². The van der Waals surface area contributed by atoms with Crippen LogP contribution in [0, 0.1) is 16.0 Å². The van der Waals surface area contributed by atoms with Gasteiger partial charge in [-0.3, -0.25) is 10.1 Å². The molecule has 0 spiro atoms. The summed E-state index contributed by atoms with van der Waals surface area (Å²) in [7, 11) is 0. The highest BCUT2D eigenvalue weighted by atomic mass is 35.5. The predicted octanol–water partition coefficient (Wildman–Crippen LogP) is 1.88. The Morgan fingerprint density at radius 3 is 3.05 bits per heavy atom. The molecule has 1 aliphatic rings. The Hall–Kier alpha value is -1.86. The molecule has 0 aliphatic carbocycles. The summed E-state index contributed by atoms with van der Waals surface area (Å²) in [5.74, 6) is 0.502. The highest BCUT2D eigenvalue weighted by Crippen LogP contribution is 2.21. The molecular formula is C12H15ClN4O3. The largest absolute Gasteiger partial charge is 0.464 e. The third kappa shape index (κ3) is 3.00.